The second-order valence-electron chi connectivity index (χ2n) is 10.3. The molecule has 2 fully saturated rings. The first-order valence-corrected chi connectivity index (χ1v) is 17.9. The van der Waals surface area contributed by atoms with Crippen LogP contribution >= 0.6 is 32.0 Å². The first-order valence-electron chi connectivity index (χ1n) is 13.8. The molecular formula is C28H41Cl2MnN5OS. The van der Waals surface area contributed by atoms with Crippen LogP contribution in [-0.4, -0.2) is 49.4 Å². The van der Waals surface area contributed by atoms with Gasteiger partial charge in [0, 0.05) is 60.1 Å². The Hall–Kier alpha value is -0.541. The van der Waals surface area contributed by atoms with Crippen LogP contribution in [0.15, 0.2) is 46.2 Å². The minimum absolute atomic E-state index is 0.00694. The third kappa shape index (κ3) is 9.53. The van der Waals surface area contributed by atoms with Gasteiger partial charge in [0.2, 0.25) is 0 Å². The number of fused-ring (bicyclic) bond motifs is 4. The average Bonchev–Trinajstić information content (AvgIpc) is 2.95. The van der Waals surface area contributed by atoms with E-state index in [4.69, 9.17) is 29.9 Å². The Kier molecular flexibility index (Phi) is 13.3. The number of pyridine rings is 1. The molecule has 3 aliphatic rings. The molecule has 4 N–H and O–H groups in total. The van der Waals surface area contributed by atoms with Crippen LogP contribution in [0.3, 0.4) is 0 Å². The van der Waals surface area contributed by atoms with Gasteiger partial charge in [-0.1, -0.05) is 37.4 Å². The van der Waals surface area contributed by atoms with Gasteiger partial charge in [-0.3, -0.25) is 4.98 Å². The summed E-state index contributed by atoms with van der Waals surface area (Å²) >= 11 is 1.81. The van der Waals surface area contributed by atoms with Gasteiger partial charge in [-0.25, -0.2) is 0 Å². The predicted molar refractivity (Wildman–Crippen MR) is 155 cm³/mol. The Labute approximate surface area is 247 Å². The molecule has 1 aromatic heterocycles. The van der Waals surface area contributed by atoms with Crippen molar-refractivity contribution in [3.63, 3.8) is 0 Å². The molecule has 211 valence electrons. The number of nitrogens with zero attached hydrogens (tertiary/aromatic N) is 1. The van der Waals surface area contributed by atoms with E-state index in [2.05, 4.69) is 45.5 Å². The molecule has 0 unspecified atom stereocenters. The molecule has 4 atom stereocenters. The van der Waals surface area contributed by atoms with E-state index < -0.39 is 0 Å². The van der Waals surface area contributed by atoms with Crippen molar-refractivity contribution in [3.05, 3.63) is 47.8 Å². The molecule has 1 aliphatic heterocycles. The van der Waals surface area contributed by atoms with Gasteiger partial charge in [0.05, 0.1) is 18.5 Å². The third-order valence-electron chi connectivity index (χ3n) is 7.76. The number of hydrogen-bond acceptors (Lipinski definition) is 7. The molecule has 2 aromatic rings. The van der Waals surface area contributed by atoms with E-state index in [1.165, 1.54) is 61.2 Å². The molecular weight excluding hydrogens is 580 g/mol. The monoisotopic (exact) mass is 620 g/mol. The Balaban J connectivity index is 0.00000107. The van der Waals surface area contributed by atoms with Crippen LogP contribution in [-0.2, 0) is 26.2 Å². The fourth-order valence-electron chi connectivity index (χ4n) is 5.86. The Morgan fingerprint density at radius 1 is 0.737 bits per heavy atom. The number of halogens is 2. The van der Waals surface area contributed by atoms with Crippen LogP contribution in [0.4, 0.5) is 0 Å². The van der Waals surface area contributed by atoms with Crippen LogP contribution in [0.2, 0.25) is 0 Å². The molecule has 0 radical (unpaired) electrons. The summed E-state index contributed by atoms with van der Waals surface area (Å²) in [6, 6.07) is 15.0. The molecule has 0 spiro atoms. The fourth-order valence-corrected chi connectivity index (χ4v) is 6.80. The number of aromatic nitrogens is 1. The number of rotatable bonds is 3. The standard InChI is InChI=1S/C28H41N5OS.2ClH.Mn/c1-34-22-10-12-23(13-11-22)35-24-16-20-18-31-27-8-4-2-6-25(27)29-14-15-30-26-7-3-5-9-28(26)32-19-21(17-24)33-20;;;/h10-13,16-17,25-32H,2-9,14-15,18-19H2,1H3;2*1H;/q;;;+2/p-2/t25-,26-,27-,28-;;;/m1.../s1. The first-order chi connectivity index (χ1) is 18.7. The maximum absolute atomic E-state index is 5.33. The average molecular weight is 622 g/mol. The van der Waals surface area contributed by atoms with Crippen molar-refractivity contribution in [1.29, 1.82) is 0 Å². The zero-order chi connectivity index (χ0) is 26.6. The third-order valence-corrected chi connectivity index (χ3v) is 8.74. The quantitative estimate of drug-likeness (QED) is 0.332. The summed E-state index contributed by atoms with van der Waals surface area (Å²) in [5.74, 6) is 0.891. The molecule has 38 heavy (non-hydrogen) atoms. The molecule has 10 heteroatoms. The summed E-state index contributed by atoms with van der Waals surface area (Å²) in [6.07, 6.45) is 10.3. The van der Waals surface area contributed by atoms with Crippen LogP contribution in [0.1, 0.15) is 62.8 Å². The Bertz CT molecular complexity index is 925. The predicted octanol–water partition coefficient (Wildman–Crippen LogP) is 5.61. The van der Waals surface area contributed by atoms with Crippen LogP contribution in [0.5, 0.6) is 5.75 Å². The van der Waals surface area contributed by atoms with Crippen molar-refractivity contribution >= 4 is 32.0 Å². The minimum atomic E-state index is 0.00694. The van der Waals surface area contributed by atoms with E-state index in [0.29, 0.717) is 24.2 Å². The van der Waals surface area contributed by atoms with E-state index in [0.717, 1.165) is 43.3 Å². The molecule has 2 aliphatic carbocycles. The second-order valence-corrected chi connectivity index (χ2v) is 13.4. The molecule has 0 amide bonds. The van der Waals surface area contributed by atoms with E-state index in [9.17, 15) is 0 Å². The van der Waals surface area contributed by atoms with Crippen LogP contribution in [0.25, 0.3) is 0 Å². The zero-order valence-corrected chi connectivity index (χ0v) is 25.7. The molecule has 1 aromatic carbocycles. The number of methoxy groups -OCH3 is 1. The maximum atomic E-state index is 5.33. The summed E-state index contributed by atoms with van der Waals surface area (Å²) in [5.41, 5.74) is 2.27. The topological polar surface area (TPSA) is 70.2 Å². The molecule has 2 bridgehead atoms. The Morgan fingerprint density at radius 3 is 1.63 bits per heavy atom. The molecule has 2 heterocycles. The van der Waals surface area contributed by atoms with Crippen molar-refractivity contribution in [2.24, 2.45) is 0 Å². The molecule has 2 saturated carbocycles. The van der Waals surface area contributed by atoms with Gasteiger partial charge < -0.3 is 26.0 Å². The van der Waals surface area contributed by atoms with E-state index in [1.54, 1.807) is 18.9 Å². The van der Waals surface area contributed by atoms with Gasteiger partial charge in [-0.15, -0.1) is 0 Å². The fraction of sp³-hybridized carbons (Fsp3) is 0.607. The first kappa shape index (κ1) is 30.4. The number of benzene rings is 1. The van der Waals surface area contributed by atoms with Gasteiger partial charge in [0.15, 0.2) is 0 Å². The second kappa shape index (κ2) is 16.7. The number of ether oxygens (including phenoxy) is 1. The number of nitrogens with one attached hydrogen (secondary N) is 4. The van der Waals surface area contributed by atoms with Gasteiger partial charge in [0.25, 0.3) is 0 Å². The van der Waals surface area contributed by atoms with Crippen molar-refractivity contribution in [2.45, 2.75) is 98.4 Å². The summed E-state index contributed by atoms with van der Waals surface area (Å²) in [6.45, 7) is 3.72. The summed E-state index contributed by atoms with van der Waals surface area (Å²) < 4.78 is 5.33. The van der Waals surface area contributed by atoms with E-state index in [1.807, 2.05) is 12.1 Å². The van der Waals surface area contributed by atoms with Crippen molar-refractivity contribution in [3.8, 4) is 5.75 Å². The van der Waals surface area contributed by atoms with Crippen molar-refractivity contribution in [1.82, 2.24) is 26.3 Å². The van der Waals surface area contributed by atoms with E-state index in [-0.39, 0.29) is 13.1 Å². The Morgan fingerprint density at radius 2 is 1.18 bits per heavy atom. The summed E-state index contributed by atoms with van der Waals surface area (Å²) in [4.78, 5) is 7.56. The molecule has 5 rings (SSSR count). The van der Waals surface area contributed by atoms with Crippen molar-refractivity contribution < 1.29 is 17.9 Å². The van der Waals surface area contributed by atoms with Crippen LogP contribution in [0, 0.1) is 0 Å². The van der Waals surface area contributed by atoms with Crippen LogP contribution < -0.4 is 26.0 Å². The molecule has 6 nitrogen and oxygen atoms in total. The van der Waals surface area contributed by atoms with Gasteiger partial charge >= 0.3 is 33.3 Å². The van der Waals surface area contributed by atoms with Gasteiger partial charge in [0.1, 0.15) is 5.75 Å². The van der Waals surface area contributed by atoms with Gasteiger partial charge in [-0.05, 0) is 62.1 Å². The normalized spacial score (nSPS) is 26.4. The summed E-state index contributed by atoms with van der Waals surface area (Å²) in [5, 5.41) is 15.5. The molecule has 0 saturated heterocycles. The zero-order valence-electron chi connectivity index (χ0n) is 22.2. The van der Waals surface area contributed by atoms with E-state index >= 15 is 0 Å². The number of hydrogen-bond donors (Lipinski definition) is 4. The summed E-state index contributed by atoms with van der Waals surface area (Å²) in [7, 11) is 11.3. The van der Waals surface area contributed by atoms with Gasteiger partial charge in [-0.2, -0.15) is 0 Å². The SMILES string of the molecule is COc1ccc(Sc2cc3nc(c2)CN[C@@H]2CCCC[C@H]2NCCN[C@@H]2CCCC[C@H]2NC3)cc1.[Cl][Mn][Cl]. The van der Waals surface area contributed by atoms with Crippen molar-refractivity contribution in [2.75, 3.05) is 20.2 Å².